The molecule has 0 aromatic carbocycles. The molecule has 0 saturated carbocycles. The fourth-order valence-electron chi connectivity index (χ4n) is 10.7. The molecule has 0 aromatic rings. The Hall–Kier alpha value is -2.46. The predicted octanol–water partition coefficient (Wildman–Crippen LogP) is 21.0. The molecule has 5 atom stereocenters. The first-order valence-corrected chi connectivity index (χ1v) is 40.7. The van der Waals surface area contributed by atoms with Crippen LogP contribution in [0, 0.1) is 17.8 Å². The van der Waals surface area contributed by atoms with Crippen LogP contribution in [-0.2, 0) is 65.4 Å². The Morgan fingerprint density at radius 1 is 0.333 bits per heavy atom. The van der Waals surface area contributed by atoms with E-state index in [-0.39, 0.29) is 25.7 Å². The maximum Gasteiger partial charge on any atom is 0.472 e. The van der Waals surface area contributed by atoms with E-state index in [4.69, 9.17) is 37.0 Å². The van der Waals surface area contributed by atoms with E-state index in [1.807, 2.05) is 0 Å². The molecule has 0 bridgehead atoms. The maximum absolute atomic E-state index is 13.0. The predicted molar refractivity (Wildman–Crippen MR) is 377 cm³/mol. The van der Waals surface area contributed by atoms with Crippen LogP contribution in [0.15, 0.2) is 24.3 Å². The molecule has 0 saturated heterocycles. The number of rotatable bonds is 70. The van der Waals surface area contributed by atoms with Gasteiger partial charge in [0.05, 0.1) is 26.4 Å². The van der Waals surface area contributed by atoms with Crippen LogP contribution in [0.5, 0.6) is 0 Å². The van der Waals surface area contributed by atoms with Crippen molar-refractivity contribution < 1.29 is 80.2 Å². The number of aliphatic hydroxyl groups is 1. The highest BCUT2D eigenvalue weighted by Crippen LogP contribution is 2.45. The second-order valence-corrected chi connectivity index (χ2v) is 30.3. The number of hydrogen-bond donors (Lipinski definition) is 3. The van der Waals surface area contributed by atoms with Crippen LogP contribution in [0.25, 0.3) is 0 Å². The summed E-state index contributed by atoms with van der Waals surface area (Å²) in [6, 6.07) is 0. The molecule has 3 N–H and O–H groups in total. The van der Waals surface area contributed by atoms with Crippen molar-refractivity contribution in [2.45, 2.75) is 369 Å². The molecule has 19 heteroatoms. The summed E-state index contributed by atoms with van der Waals surface area (Å²) in [6.07, 6.45) is 52.2. The third-order valence-corrected chi connectivity index (χ3v) is 18.4. The molecular formula is C74H140O17P2. The summed E-state index contributed by atoms with van der Waals surface area (Å²) in [5.74, 6) is 0.0694. The van der Waals surface area contributed by atoms with Crippen LogP contribution >= 0.6 is 15.6 Å². The summed E-state index contributed by atoms with van der Waals surface area (Å²) in [7, 11) is -9.92. The molecule has 3 unspecified atom stereocenters. The average Bonchev–Trinajstić information content (AvgIpc) is 1.62. The van der Waals surface area contributed by atoms with Crippen LogP contribution in [0.2, 0.25) is 0 Å². The van der Waals surface area contributed by atoms with Crippen molar-refractivity contribution >= 4 is 39.5 Å². The summed E-state index contributed by atoms with van der Waals surface area (Å²) in [5.41, 5.74) is 0. The van der Waals surface area contributed by atoms with Gasteiger partial charge < -0.3 is 33.8 Å². The van der Waals surface area contributed by atoms with Crippen molar-refractivity contribution in [3.05, 3.63) is 24.3 Å². The lowest BCUT2D eigenvalue weighted by Crippen LogP contribution is -2.30. The first-order valence-electron chi connectivity index (χ1n) is 37.7. The Morgan fingerprint density at radius 2 is 0.581 bits per heavy atom. The lowest BCUT2D eigenvalue weighted by Gasteiger charge is -2.21. The van der Waals surface area contributed by atoms with Gasteiger partial charge in [0.15, 0.2) is 12.2 Å². The summed E-state index contributed by atoms with van der Waals surface area (Å²) < 4.78 is 68.4. The van der Waals surface area contributed by atoms with E-state index >= 15 is 0 Å². The lowest BCUT2D eigenvalue weighted by molar-refractivity contribution is -0.161. The molecular weight excluding hydrogens is 1220 g/mol. The maximum atomic E-state index is 13.0. The van der Waals surface area contributed by atoms with Gasteiger partial charge in [0, 0.05) is 25.7 Å². The summed E-state index contributed by atoms with van der Waals surface area (Å²) in [6.45, 7) is 11.7. The Morgan fingerprint density at radius 3 is 0.871 bits per heavy atom. The van der Waals surface area contributed by atoms with Gasteiger partial charge in [-0.05, 0) is 69.1 Å². The van der Waals surface area contributed by atoms with E-state index in [2.05, 4.69) is 72.8 Å². The van der Waals surface area contributed by atoms with Crippen LogP contribution in [0.4, 0.5) is 0 Å². The molecule has 0 spiro atoms. The van der Waals surface area contributed by atoms with Crippen molar-refractivity contribution in [1.82, 2.24) is 0 Å². The van der Waals surface area contributed by atoms with Gasteiger partial charge in [0.1, 0.15) is 19.3 Å². The summed E-state index contributed by atoms with van der Waals surface area (Å²) in [4.78, 5) is 72.7. The minimum Gasteiger partial charge on any atom is -0.462 e. The molecule has 0 heterocycles. The largest absolute Gasteiger partial charge is 0.472 e. The third-order valence-electron chi connectivity index (χ3n) is 16.5. The Kier molecular flexibility index (Phi) is 62.5. The van der Waals surface area contributed by atoms with Gasteiger partial charge in [-0.25, -0.2) is 9.13 Å². The Balaban J connectivity index is 5.27. The number of phosphoric acid groups is 2. The van der Waals surface area contributed by atoms with Gasteiger partial charge >= 0.3 is 39.5 Å². The Bertz CT molecular complexity index is 1910. The van der Waals surface area contributed by atoms with Gasteiger partial charge in [-0.3, -0.25) is 37.3 Å². The van der Waals surface area contributed by atoms with Gasteiger partial charge in [-0.1, -0.05) is 297 Å². The molecule has 0 aliphatic rings. The molecule has 0 amide bonds. The van der Waals surface area contributed by atoms with Gasteiger partial charge in [-0.2, -0.15) is 0 Å². The molecule has 0 aliphatic heterocycles. The average molecular weight is 1360 g/mol. The number of carbonyl (C=O) groups is 4. The Labute approximate surface area is 567 Å². The SMILES string of the molecule is CCCCCC/C=C\C=C/CCCCCCCC(=O)OC[C@H](COP(=O)(O)OCC(O)COP(=O)(O)OC[C@@H](COC(=O)CCCCCCCCCC(C)C)OC(=O)CCCCCCCCCCCCCCCC(C)C)OC(=O)CCCCCCCCCCCC(C)C. The van der Waals surface area contributed by atoms with Crippen LogP contribution < -0.4 is 0 Å². The van der Waals surface area contributed by atoms with E-state index in [1.165, 1.54) is 135 Å². The molecule has 93 heavy (non-hydrogen) atoms. The first kappa shape index (κ1) is 90.5. The number of carbonyl (C=O) groups excluding carboxylic acids is 4. The number of unbranched alkanes of at least 4 members (excludes halogenated alkanes) is 35. The van der Waals surface area contributed by atoms with Crippen LogP contribution in [0.3, 0.4) is 0 Å². The zero-order valence-electron chi connectivity index (χ0n) is 60.2. The molecule has 0 aliphatic carbocycles. The monoisotopic (exact) mass is 1360 g/mol. The van der Waals surface area contributed by atoms with Crippen LogP contribution in [-0.4, -0.2) is 96.7 Å². The number of aliphatic hydroxyl groups excluding tert-OH is 1. The van der Waals surface area contributed by atoms with E-state index in [0.29, 0.717) is 31.6 Å². The first-order chi connectivity index (χ1) is 44.7. The number of esters is 4. The topological polar surface area (TPSA) is 237 Å². The minimum absolute atomic E-state index is 0.0980. The summed E-state index contributed by atoms with van der Waals surface area (Å²) >= 11 is 0. The molecule has 0 rings (SSSR count). The number of hydrogen-bond acceptors (Lipinski definition) is 15. The summed E-state index contributed by atoms with van der Waals surface area (Å²) in [5, 5.41) is 10.6. The van der Waals surface area contributed by atoms with Crippen molar-refractivity contribution in [2.75, 3.05) is 39.6 Å². The fraction of sp³-hybridized carbons (Fsp3) is 0.892. The van der Waals surface area contributed by atoms with Crippen molar-refractivity contribution in [1.29, 1.82) is 0 Å². The van der Waals surface area contributed by atoms with Crippen molar-refractivity contribution in [2.24, 2.45) is 17.8 Å². The van der Waals surface area contributed by atoms with Gasteiger partial charge in [0.2, 0.25) is 0 Å². The molecule has 0 fully saturated rings. The van der Waals surface area contributed by atoms with Crippen molar-refractivity contribution in [3.63, 3.8) is 0 Å². The highest BCUT2D eigenvalue weighted by atomic mass is 31.2. The second kappa shape index (κ2) is 64.2. The van der Waals surface area contributed by atoms with Crippen LogP contribution in [0.1, 0.15) is 350 Å². The second-order valence-electron chi connectivity index (χ2n) is 27.4. The minimum atomic E-state index is -4.96. The van der Waals surface area contributed by atoms with E-state index in [0.717, 1.165) is 127 Å². The zero-order valence-corrected chi connectivity index (χ0v) is 62.0. The molecule has 0 radical (unpaired) electrons. The number of allylic oxidation sites excluding steroid dienone is 4. The van der Waals surface area contributed by atoms with Gasteiger partial charge in [-0.15, -0.1) is 0 Å². The van der Waals surface area contributed by atoms with E-state index in [9.17, 15) is 43.2 Å². The lowest BCUT2D eigenvalue weighted by atomic mass is 10.0. The normalized spacial score (nSPS) is 14.3. The van der Waals surface area contributed by atoms with Crippen molar-refractivity contribution in [3.8, 4) is 0 Å². The molecule has 0 aromatic heterocycles. The fourth-order valence-corrected chi connectivity index (χ4v) is 12.3. The number of ether oxygens (including phenoxy) is 4. The highest BCUT2D eigenvalue weighted by molar-refractivity contribution is 7.47. The highest BCUT2D eigenvalue weighted by Gasteiger charge is 2.30. The van der Waals surface area contributed by atoms with Gasteiger partial charge in [0.25, 0.3) is 0 Å². The van der Waals surface area contributed by atoms with E-state index < -0.39 is 97.5 Å². The molecule has 17 nitrogen and oxygen atoms in total. The molecule has 548 valence electrons. The third kappa shape index (κ3) is 67.9. The smallest absolute Gasteiger partial charge is 0.462 e. The number of phosphoric ester groups is 2. The van der Waals surface area contributed by atoms with E-state index in [1.54, 1.807) is 0 Å². The quantitative estimate of drug-likeness (QED) is 0.0169. The standard InChI is InChI=1S/C74H140O17P2/c1-8-9-10-11-12-13-14-15-16-19-22-27-34-41-48-55-71(76)84-61-69(91-74(79)58-51-44-36-29-24-26-32-39-46-53-66(4)5)63-88-92(80,81)86-59-68(75)60-87-93(82,83)89-64-70(62-85-72(77)56-49-42-37-30-33-40-47-54-67(6)7)90-73(78)57-50-43-35-28-23-20-17-18-21-25-31-38-45-52-65(2)3/h13-16,65-70,75H,8-12,17-64H2,1-7H3,(H,80,81)(H,82,83)/b14-13-,16-15-/t68?,69-,70-/m1/s1. The zero-order chi connectivity index (χ0) is 68.7.